The van der Waals surface area contributed by atoms with Crippen molar-refractivity contribution < 1.29 is 9.53 Å². The van der Waals surface area contributed by atoms with Gasteiger partial charge in [-0.05, 0) is 53.8 Å². The first-order valence-electron chi connectivity index (χ1n) is 13.4. The van der Waals surface area contributed by atoms with Gasteiger partial charge in [0.1, 0.15) is 0 Å². The number of aryl methyl sites for hydroxylation is 1. The van der Waals surface area contributed by atoms with Gasteiger partial charge < -0.3 is 15.0 Å². The van der Waals surface area contributed by atoms with Crippen LogP contribution in [-0.2, 0) is 22.5 Å². The van der Waals surface area contributed by atoms with E-state index in [-0.39, 0.29) is 17.2 Å². The summed E-state index contributed by atoms with van der Waals surface area (Å²) >= 11 is 1.29. The molecule has 7 nitrogen and oxygen atoms in total. The smallest absolute Gasteiger partial charge is 0.262 e. The Bertz CT molecular complexity index is 1480. The third kappa shape index (κ3) is 6.69. The van der Waals surface area contributed by atoms with E-state index in [1.165, 1.54) is 17.3 Å². The number of fused-ring (bicyclic) bond motifs is 1. The molecule has 202 valence electrons. The number of benzene rings is 3. The molecule has 0 aliphatic carbocycles. The minimum absolute atomic E-state index is 0.0850. The Morgan fingerprint density at radius 2 is 1.77 bits per heavy atom. The molecule has 1 aliphatic rings. The molecule has 0 atom stereocenters. The first-order chi connectivity index (χ1) is 19.0. The minimum atomic E-state index is -0.135. The van der Waals surface area contributed by atoms with Crippen molar-refractivity contribution in [2.75, 3.05) is 42.3 Å². The van der Waals surface area contributed by atoms with Crippen molar-refractivity contribution in [1.29, 1.82) is 0 Å². The van der Waals surface area contributed by atoms with E-state index in [1.807, 2.05) is 60.7 Å². The predicted octanol–water partition coefficient (Wildman–Crippen LogP) is 5.33. The summed E-state index contributed by atoms with van der Waals surface area (Å²) in [6, 6.07) is 23.9. The highest BCUT2D eigenvalue weighted by molar-refractivity contribution is 7.99. The topological polar surface area (TPSA) is 76.5 Å². The van der Waals surface area contributed by atoms with Gasteiger partial charge in [-0.2, -0.15) is 0 Å². The molecule has 1 amide bonds. The number of anilines is 2. The molecule has 0 bridgehead atoms. The van der Waals surface area contributed by atoms with Crippen LogP contribution in [0.4, 0.5) is 11.4 Å². The van der Waals surface area contributed by atoms with Crippen LogP contribution in [0, 0.1) is 0 Å². The highest BCUT2D eigenvalue weighted by Gasteiger charge is 2.17. The summed E-state index contributed by atoms with van der Waals surface area (Å²) in [6.07, 6.45) is 0.693. The fraction of sp³-hybridized carbons (Fsp3) is 0.323. The largest absolute Gasteiger partial charge is 0.378 e. The lowest BCUT2D eigenvalue weighted by molar-refractivity contribution is -0.113. The third-order valence-electron chi connectivity index (χ3n) is 6.94. The number of rotatable bonds is 9. The Labute approximate surface area is 233 Å². The zero-order valence-electron chi connectivity index (χ0n) is 22.4. The van der Waals surface area contributed by atoms with E-state index < -0.39 is 0 Å². The highest BCUT2D eigenvalue weighted by Crippen LogP contribution is 2.24. The van der Waals surface area contributed by atoms with Gasteiger partial charge in [-0.15, -0.1) is 0 Å². The van der Waals surface area contributed by atoms with Crippen LogP contribution in [0.2, 0.25) is 0 Å². The second kappa shape index (κ2) is 12.5. The molecule has 3 aromatic carbocycles. The molecule has 5 rings (SSSR count). The van der Waals surface area contributed by atoms with Crippen molar-refractivity contribution in [2.45, 2.75) is 37.9 Å². The number of hydrogen-bond acceptors (Lipinski definition) is 6. The van der Waals surface area contributed by atoms with Gasteiger partial charge in [0.05, 0.1) is 29.9 Å². The number of nitrogens with one attached hydrogen (secondary N) is 1. The molecular formula is C31H34N4O3S. The number of hydrogen-bond donors (Lipinski definition) is 1. The van der Waals surface area contributed by atoms with Gasteiger partial charge in [-0.3, -0.25) is 14.2 Å². The minimum Gasteiger partial charge on any atom is -0.378 e. The van der Waals surface area contributed by atoms with Crippen LogP contribution in [-0.4, -0.2) is 47.5 Å². The second-order valence-corrected chi connectivity index (χ2v) is 10.9. The number of carbonyl (C=O) groups excluding carboxylic acids is 1. The monoisotopic (exact) mass is 542 g/mol. The van der Waals surface area contributed by atoms with Crippen molar-refractivity contribution in [2.24, 2.45) is 0 Å². The average Bonchev–Trinajstić information content (AvgIpc) is 2.97. The molecule has 39 heavy (non-hydrogen) atoms. The van der Waals surface area contributed by atoms with E-state index in [0.29, 0.717) is 48.2 Å². The van der Waals surface area contributed by atoms with Crippen LogP contribution >= 0.6 is 11.8 Å². The van der Waals surface area contributed by atoms with Gasteiger partial charge in [-0.25, -0.2) is 4.98 Å². The molecule has 4 aromatic rings. The van der Waals surface area contributed by atoms with Gasteiger partial charge in [0, 0.05) is 31.0 Å². The summed E-state index contributed by atoms with van der Waals surface area (Å²) in [6.45, 7) is 7.71. The maximum absolute atomic E-state index is 13.8. The van der Waals surface area contributed by atoms with Gasteiger partial charge in [0.15, 0.2) is 5.16 Å². The number of ether oxygens (including phenoxy) is 1. The number of carbonyl (C=O) groups is 1. The summed E-state index contributed by atoms with van der Waals surface area (Å²) in [5, 5.41) is 4.10. The molecule has 1 fully saturated rings. The molecule has 2 heterocycles. The van der Waals surface area contributed by atoms with Crippen molar-refractivity contribution in [1.82, 2.24) is 9.55 Å². The molecule has 1 N–H and O–H groups in total. The quantitative estimate of drug-likeness (QED) is 0.228. The lowest BCUT2D eigenvalue weighted by Gasteiger charge is -2.29. The summed E-state index contributed by atoms with van der Waals surface area (Å²) in [7, 11) is 0. The van der Waals surface area contributed by atoms with Gasteiger partial charge in [0.2, 0.25) is 5.91 Å². The number of thioether (sulfide) groups is 1. The fourth-order valence-corrected chi connectivity index (χ4v) is 5.50. The van der Waals surface area contributed by atoms with E-state index in [2.05, 4.69) is 36.2 Å². The third-order valence-corrected chi connectivity index (χ3v) is 7.92. The standard InChI is InChI=1S/C31H34N4O3S/c1-22(2)24-8-10-25(11-9-24)32-29(36)21-39-31-33-28-13-12-26(34-16-18-38-19-17-34)20-27(28)30(37)35(31)15-14-23-6-4-3-5-7-23/h3-13,20,22H,14-19,21H2,1-2H3,(H,32,36). The first-order valence-corrected chi connectivity index (χ1v) is 14.4. The number of morpholine rings is 1. The SMILES string of the molecule is CC(C)c1ccc(NC(=O)CSc2nc3ccc(N4CCOCC4)cc3c(=O)n2CCc2ccccc2)cc1. The number of nitrogens with zero attached hydrogens (tertiary/aromatic N) is 3. The Balaban J connectivity index is 1.39. The van der Waals surface area contributed by atoms with Crippen LogP contribution in [0.5, 0.6) is 0 Å². The highest BCUT2D eigenvalue weighted by atomic mass is 32.2. The lowest BCUT2D eigenvalue weighted by Crippen LogP contribution is -2.36. The zero-order chi connectivity index (χ0) is 27.2. The van der Waals surface area contributed by atoms with Crippen molar-refractivity contribution in [3.8, 4) is 0 Å². The Morgan fingerprint density at radius 3 is 2.49 bits per heavy atom. The van der Waals surface area contributed by atoms with Crippen LogP contribution in [0.15, 0.2) is 82.7 Å². The van der Waals surface area contributed by atoms with E-state index in [4.69, 9.17) is 9.72 Å². The van der Waals surface area contributed by atoms with Crippen LogP contribution in [0.3, 0.4) is 0 Å². The van der Waals surface area contributed by atoms with E-state index >= 15 is 0 Å². The molecule has 0 saturated carbocycles. The van der Waals surface area contributed by atoms with Gasteiger partial charge >= 0.3 is 0 Å². The molecule has 1 saturated heterocycles. The maximum atomic E-state index is 13.8. The number of aromatic nitrogens is 2. The number of amides is 1. The Kier molecular flexibility index (Phi) is 8.64. The normalized spacial score (nSPS) is 13.7. The van der Waals surface area contributed by atoms with E-state index in [1.54, 1.807) is 4.57 Å². The van der Waals surface area contributed by atoms with Gasteiger partial charge in [0.25, 0.3) is 5.56 Å². The van der Waals surface area contributed by atoms with Gasteiger partial charge in [-0.1, -0.05) is 68.1 Å². The summed E-state index contributed by atoms with van der Waals surface area (Å²) in [5.41, 5.74) is 4.68. The predicted molar refractivity (Wildman–Crippen MR) is 159 cm³/mol. The molecular weight excluding hydrogens is 508 g/mol. The van der Waals surface area contributed by atoms with Crippen LogP contribution in [0.1, 0.15) is 30.9 Å². The Morgan fingerprint density at radius 1 is 1.03 bits per heavy atom. The van der Waals surface area contributed by atoms with Crippen LogP contribution < -0.4 is 15.8 Å². The first kappa shape index (κ1) is 27.0. The summed E-state index contributed by atoms with van der Waals surface area (Å²) in [5.74, 6) is 0.451. The van der Waals surface area contributed by atoms with Crippen molar-refractivity contribution in [3.63, 3.8) is 0 Å². The summed E-state index contributed by atoms with van der Waals surface area (Å²) in [4.78, 5) is 33.7. The Hall–Kier alpha value is -3.62. The lowest BCUT2D eigenvalue weighted by atomic mass is 10.0. The molecule has 0 radical (unpaired) electrons. The fourth-order valence-electron chi connectivity index (χ4n) is 4.68. The van der Waals surface area contributed by atoms with Crippen LogP contribution in [0.25, 0.3) is 10.9 Å². The average molecular weight is 543 g/mol. The molecule has 1 aliphatic heterocycles. The molecule has 8 heteroatoms. The molecule has 0 unspecified atom stereocenters. The van der Waals surface area contributed by atoms with E-state index in [0.717, 1.165) is 30.0 Å². The van der Waals surface area contributed by atoms with Crippen molar-refractivity contribution >= 4 is 39.9 Å². The second-order valence-electron chi connectivity index (χ2n) is 10.0. The maximum Gasteiger partial charge on any atom is 0.262 e. The van der Waals surface area contributed by atoms with E-state index in [9.17, 15) is 9.59 Å². The molecule has 1 aromatic heterocycles. The zero-order valence-corrected chi connectivity index (χ0v) is 23.2. The molecule has 0 spiro atoms. The summed E-state index contributed by atoms with van der Waals surface area (Å²) < 4.78 is 7.20. The van der Waals surface area contributed by atoms with Crippen molar-refractivity contribution in [3.05, 3.63) is 94.3 Å².